The van der Waals surface area contributed by atoms with E-state index in [1.165, 1.54) is 0 Å². The fraction of sp³-hybridized carbons (Fsp3) is 0.471. The van der Waals surface area contributed by atoms with Gasteiger partial charge in [0.15, 0.2) is 5.76 Å². The third-order valence-corrected chi connectivity index (χ3v) is 4.57. The molecule has 0 unspecified atom stereocenters. The topological polar surface area (TPSA) is 53.7 Å². The first-order valence-electron chi connectivity index (χ1n) is 7.73. The molecular formula is C17H22BNO4. The van der Waals surface area contributed by atoms with Gasteiger partial charge >= 0.3 is 7.12 Å². The second kappa shape index (κ2) is 5.78. The van der Waals surface area contributed by atoms with E-state index in [0.717, 1.165) is 22.5 Å². The first-order valence-corrected chi connectivity index (χ1v) is 7.73. The summed E-state index contributed by atoms with van der Waals surface area (Å²) in [6, 6.07) is 9.84. The average molecular weight is 315 g/mol. The van der Waals surface area contributed by atoms with E-state index in [1.807, 2.05) is 58.0 Å². The number of benzene rings is 1. The SMILES string of the molecule is COCc1cc(-c2ccc(B3OC(C)(C)C(C)(C)O3)cc2)on1. The smallest absolute Gasteiger partial charge is 0.399 e. The van der Waals surface area contributed by atoms with Crippen LogP contribution in [0.2, 0.25) is 0 Å². The summed E-state index contributed by atoms with van der Waals surface area (Å²) in [6.45, 7) is 8.64. The number of ether oxygens (including phenoxy) is 1. The Balaban J connectivity index is 1.77. The Bertz CT molecular complexity index is 662. The Morgan fingerprint density at radius 2 is 1.65 bits per heavy atom. The molecule has 0 bridgehead atoms. The van der Waals surface area contributed by atoms with E-state index >= 15 is 0 Å². The van der Waals surface area contributed by atoms with Crippen LogP contribution in [0.1, 0.15) is 33.4 Å². The van der Waals surface area contributed by atoms with Gasteiger partial charge in [-0.15, -0.1) is 0 Å². The molecule has 2 aromatic rings. The van der Waals surface area contributed by atoms with Gasteiger partial charge in [0.05, 0.1) is 17.8 Å². The molecule has 1 aliphatic heterocycles. The van der Waals surface area contributed by atoms with Crippen molar-refractivity contribution in [1.82, 2.24) is 5.16 Å². The van der Waals surface area contributed by atoms with Crippen molar-refractivity contribution < 1.29 is 18.6 Å². The summed E-state index contributed by atoms with van der Waals surface area (Å²) in [4.78, 5) is 0. The molecule has 0 N–H and O–H groups in total. The molecule has 6 heteroatoms. The van der Waals surface area contributed by atoms with Crippen molar-refractivity contribution in [2.75, 3.05) is 7.11 Å². The normalized spacial score (nSPS) is 19.3. The maximum Gasteiger partial charge on any atom is 0.494 e. The second-order valence-electron chi connectivity index (χ2n) is 6.83. The van der Waals surface area contributed by atoms with Crippen molar-refractivity contribution in [2.45, 2.75) is 45.5 Å². The number of hydrogen-bond acceptors (Lipinski definition) is 5. The highest BCUT2D eigenvalue weighted by molar-refractivity contribution is 6.62. The summed E-state index contributed by atoms with van der Waals surface area (Å²) in [5.74, 6) is 0.720. The quantitative estimate of drug-likeness (QED) is 0.812. The molecule has 3 rings (SSSR count). The minimum Gasteiger partial charge on any atom is -0.399 e. The summed E-state index contributed by atoms with van der Waals surface area (Å²) in [6.07, 6.45) is 0. The van der Waals surface area contributed by atoms with Crippen LogP contribution in [0.4, 0.5) is 0 Å². The lowest BCUT2D eigenvalue weighted by molar-refractivity contribution is 0.00578. The Morgan fingerprint density at radius 3 is 2.22 bits per heavy atom. The van der Waals surface area contributed by atoms with Crippen LogP contribution >= 0.6 is 0 Å². The molecule has 122 valence electrons. The van der Waals surface area contributed by atoms with Gasteiger partial charge in [0.2, 0.25) is 0 Å². The van der Waals surface area contributed by atoms with E-state index in [0.29, 0.717) is 6.61 Å². The van der Waals surface area contributed by atoms with Crippen LogP contribution in [0.5, 0.6) is 0 Å². The van der Waals surface area contributed by atoms with Crippen LogP contribution in [0.15, 0.2) is 34.9 Å². The van der Waals surface area contributed by atoms with Crippen molar-refractivity contribution in [3.05, 3.63) is 36.0 Å². The summed E-state index contributed by atoms with van der Waals surface area (Å²) >= 11 is 0. The van der Waals surface area contributed by atoms with Crippen molar-refractivity contribution in [3.63, 3.8) is 0 Å². The lowest BCUT2D eigenvalue weighted by Crippen LogP contribution is -2.41. The molecule has 5 nitrogen and oxygen atoms in total. The van der Waals surface area contributed by atoms with E-state index in [-0.39, 0.29) is 18.3 Å². The summed E-state index contributed by atoms with van der Waals surface area (Å²) < 4.78 is 22.5. The molecule has 0 amide bonds. The molecule has 0 atom stereocenters. The maximum absolute atomic E-state index is 6.06. The molecule has 1 aromatic heterocycles. The van der Waals surface area contributed by atoms with Crippen molar-refractivity contribution in [2.24, 2.45) is 0 Å². The van der Waals surface area contributed by atoms with E-state index in [1.54, 1.807) is 7.11 Å². The molecule has 0 radical (unpaired) electrons. The molecule has 0 spiro atoms. The predicted molar refractivity (Wildman–Crippen MR) is 88.4 cm³/mol. The van der Waals surface area contributed by atoms with E-state index < -0.39 is 0 Å². The molecule has 0 aliphatic carbocycles. The fourth-order valence-electron chi connectivity index (χ4n) is 2.45. The van der Waals surface area contributed by atoms with Crippen molar-refractivity contribution in [3.8, 4) is 11.3 Å². The number of nitrogens with zero attached hydrogens (tertiary/aromatic N) is 1. The van der Waals surface area contributed by atoms with Crippen LogP contribution in [0.25, 0.3) is 11.3 Å². The standard InChI is InChI=1S/C17H22BNO4/c1-16(2)17(3,4)23-18(22-16)13-8-6-12(7-9-13)15-10-14(11-20-5)19-21-15/h6-10H,11H2,1-5H3. The number of rotatable bonds is 4. The number of hydrogen-bond donors (Lipinski definition) is 0. The van der Waals surface area contributed by atoms with Gasteiger partial charge < -0.3 is 18.6 Å². The highest BCUT2D eigenvalue weighted by Gasteiger charge is 2.51. The second-order valence-corrected chi connectivity index (χ2v) is 6.83. The summed E-state index contributed by atoms with van der Waals surface area (Å²) in [5, 5.41) is 3.97. The summed E-state index contributed by atoms with van der Waals surface area (Å²) in [7, 11) is 1.28. The minimum atomic E-state index is -0.354. The monoisotopic (exact) mass is 315 g/mol. The zero-order valence-corrected chi connectivity index (χ0v) is 14.3. The summed E-state index contributed by atoms with van der Waals surface area (Å²) in [5.41, 5.74) is 2.05. The van der Waals surface area contributed by atoms with Crippen LogP contribution in [-0.2, 0) is 20.7 Å². The number of aromatic nitrogens is 1. The van der Waals surface area contributed by atoms with E-state index in [4.69, 9.17) is 18.6 Å². The minimum absolute atomic E-state index is 0.337. The van der Waals surface area contributed by atoms with Crippen LogP contribution in [-0.4, -0.2) is 30.6 Å². The molecule has 0 saturated carbocycles. The molecule has 2 heterocycles. The first kappa shape index (κ1) is 16.2. The van der Waals surface area contributed by atoms with Crippen LogP contribution in [0, 0.1) is 0 Å². The highest BCUT2D eigenvalue weighted by atomic mass is 16.7. The van der Waals surface area contributed by atoms with Gasteiger partial charge in [0.1, 0.15) is 5.69 Å². The van der Waals surface area contributed by atoms with Gasteiger partial charge in [0, 0.05) is 18.7 Å². The molecule has 1 aliphatic rings. The van der Waals surface area contributed by atoms with E-state index in [2.05, 4.69) is 5.16 Å². The third-order valence-electron chi connectivity index (χ3n) is 4.57. The fourth-order valence-corrected chi connectivity index (χ4v) is 2.45. The van der Waals surface area contributed by atoms with Crippen LogP contribution < -0.4 is 5.46 Å². The van der Waals surface area contributed by atoms with Gasteiger partial charge in [-0.2, -0.15) is 0 Å². The number of methoxy groups -OCH3 is 1. The molecule has 1 saturated heterocycles. The lowest BCUT2D eigenvalue weighted by Gasteiger charge is -2.32. The predicted octanol–water partition coefficient (Wildman–Crippen LogP) is 2.79. The van der Waals surface area contributed by atoms with Crippen molar-refractivity contribution >= 4 is 12.6 Å². The zero-order chi connectivity index (χ0) is 16.7. The largest absolute Gasteiger partial charge is 0.494 e. The van der Waals surface area contributed by atoms with Gasteiger partial charge in [0.25, 0.3) is 0 Å². The molecule has 1 aromatic carbocycles. The third kappa shape index (κ3) is 3.07. The molecular weight excluding hydrogens is 293 g/mol. The highest BCUT2D eigenvalue weighted by Crippen LogP contribution is 2.36. The lowest BCUT2D eigenvalue weighted by atomic mass is 9.79. The Morgan fingerprint density at radius 1 is 1.04 bits per heavy atom. The Hall–Kier alpha value is -1.63. The zero-order valence-electron chi connectivity index (χ0n) is 14.3. The first-order chi connectivity index (χ1) is 10.8. The van der Waals surface area contributed by atoms with Crippen LogP contribution in [0.3, 0.4) is 0 Å². The molecule has 23 heavy (non-hydrogen) atoms. The van der Waals surface area contributed by atoms with Gasteiger partial charge in [-0.25, -0.2) is 0 Å². The van der Waals surface area contributed by atoms with Gasteiger partial charge in [-0.3, -0.25) is 0 Å². The Labute approximate surface area is 137 Å². The van der Waals surface area contributed by atoms with E-state index in [9.17, 15) is 0 Å². The van der Waals surface area contributed by atoms with Gasteiger partial charge in [-0.1, -0.05) is 29.4 Å². The molecule has 1 fully saturated rings. The Kier molecular flexibility index (Phi) is 4.08. The average Bonchev–Trinajstić information content (AvgIpc) is 3.03. The maximum atomic E-state index is 6.06. The van der Waals surface area contributed by atoms with Gasteiger partial charge in [-0.05, 0) is 33.2 Å². The van der Waals surface area contributed by atoms with Crippen molar-refractivity contribution in [1.29, 1.82) is 0 Å².